The van der Waals surface area contributed by atoms with Crippen LogP contribution in [0.15, 0.2) is 22.5 Å². The fourth-order valence-electron chi connectivity index (χ4n) is 1.89. The molecule has 3 N–H and O–H groups in total. The summed E-state index contributed by atoms with van der Waals surface area (Å²) < 4.78 is 0. The minimum Gasteiger partial charge on any atom is -0.357 e. The normalized spacial score (nSPS) is 11.3. The zero-order valence-corrected chi connectivity index (χ0v) is 15.7. The van der Waals surface area contributed by atoms with Crippen molar-refractivity contribution < 1.29 is 4.79 Å². The van der Waals surface area contributed by atoms with E-state index in [4.69, 9.17) is 0 Å². The molecule has 0 atom stereocenters. The van der Waals surface area contributed by atoms with E-state index < -0.39 is 0 Å². The Morgan fingerprint density at radius 2 is 2.04 bits per heavy atom. The zero-order chi connectivity index (χ0) is 16.8. The number of nitrogens with one attached hydrogen (secondary N) is 3. The number of aliphatic imine (C=N–C) groups is 1. The third kappa shape index (κ3) is 9.50. The molecule has 1 heterocycles. The molecule has 23 heavy (non-hydrogen) atoms. The van der Waals surface area contributed by atoms with Crippen molar-refractivity contribution in [2.45, 2.75) is 26.2 Å². The van der Waals surface area contributed by atoms with Gasteiger partial charge >= 0.3 is 0 Å². The first kappa shape index (κ1) is 19.8. The monoisotopic (exact) mass is 356 g/mol. The first-order valence-electron chi connectivity index (χ1n) is 8.10. The molecule has 0 fully saturated rings. The van der Waals surface area contributed by atoms with Crippen molar-refractivity contribution >= 4 is 35.0 Å². The molecule has 0 unspecified atom stereocenters. The smallest absolute Gasteiger partial charge is 0.261 e. The molecule has 0 bridgehead atoms. The Hall–Kier alpha value is -1.21. The molecule has 1 amide bonds. The maximum absolute atomic E-state index is 11.8. The minimum absolute atomic E-state index is 0.00260. The van der Waals surface area contributed by atoms with Gasteiger partial charge in [-0.1, -0.05) is 6.07 Å². The molecule has 5 nitrogen and oxygen atoms in total. The summed E-state index contributed by atoms with van der Waals surface area (Å²) >= 11 is 3.34. The van der Waals surface area contributed by atoms with Gasteiger partial charge in [0.25, 0.3) is 5.91 Å². The molecule has 1 rings (SSSR count). The van der Waals surface area contributed by atoms with E-state index in [1.165, 1.54) is 23.5 Å². The van der Waals surface area contributed by atoms with Crippen molar-refractivity contribution in [3.63, 3.8) is 0 Å². The summed E-state index contributed by atoms with van der Waals surface area (Å²) in [5.41, 5.74) is 0. The number of carbonyl (C=O) groups excluding carboxylic acids is 1. The number of hydrogen-bond acceptors (Lipinski definition) is 4. The summed E-state index contributed by atoms with van der Waals surface area (Å²) in [6.45, 7) is 5.21. The Kier molecular flexibility index (Phi) is 11.4. The van der Waals surface area contributed by atoms with Gasteiger partial charge in [-0.15, -0.1) is 11.3 Å². The third-order valence-corrected chi connectivity index (χ3v) is 4.61. The van der Waals surface area contributed by atoms with E-state index in [9.17, 15) is 4.79 Å². The second-order valence-electron chi connectivity index (χ2n) is 4.97. The van der Waals surface area contributed by atoms with Crippen LogP contribution in [-0.4, -0.2) is 50.1 Å². The van der Waals surface area contributed by atoms with Crippen LogP contribution in [0.5, 0.6) is 0 Å². The van der Waals surface area contributed by atoms with Crippen LogP contribution in [0.4, 0.5) is 0 Å². The summed E-state index contributed by atoms with van der Waals surface area (Å²) in [4.78, 5) is 17.1. The highest BCUT2D eigenvalue weighted by Crippen LogP contribution is 2.07. The van der Waals surface area contributed by atoms with Crippen molar-refractivity contribution in [3.05, 3.63) is 22.4 Å². The average Bonchev–Trinajstić information content (AvgIpc) is 3.08. The van der Waals surface area contributed by atoms with Crippen LogP contribution >= 0.6 is 23.1 Å². The van der Waals surface area contributed by atoms with Crippen molar-refractivity contribution in [2.75, 3.05) is 38.2 Å². The van der Waals surface area contributed by atoms with Gasteiger partial charge in [-0.25, -0.2) is 0 Å². The van der Waals surface area contributed by atoms with E-state index in [-0.39, 0.29) is 5.91 Å². The molecule has 0 spiro atoms. The lowest BCUT2D eigenvalue weighted by atomic mass is 10.3. The third-order valence-electron chi connectivity index (χ3n) is 3.05. The van der Waals surface area contributed by atoms with Crippen LogP contribution < -0.4 is 16.0 Å². The molecule has 0 aliphatic rings. The van der Waals surface area contributed by atoms with Gasteiger partial charge in [-0.05, 0) is 49.6 Å². The summed E-state index contributed by atoms with van der Waals surface area (Å²) in [5, 5.41) is 11.4. The Morgan fingerprint density at radius 1 is 1.22 bits per heavy atom. The van der Waals surface area contributed by atoms with E-state index in [0.29, 0.717) is 13.1 Å². The van der Waals surface area contributed by atoms with Crippen LogP contribution in [0.1, 0.15) is 35.9 Å². The topological polar surface area (TPSA) is 65.5 Å². The van der Waals surface area contributed by atoms with Crippen molar-refractivity contribution in [3.8, 4) is 0 Å². The van der Waals surface area contributed by atoms with E-state index in [1.807, 2.05) is 29.3 Å². The highest BCUT2D eigenvalue weighted by molar-refractivity contribution is 7.98. The van der Waals surface area contributed by atoms with E-state index in [0.717, 1.165) is 36.8 Å². The molecule has 0 aromatic carbocycles. The number of amides is 1. The Morgan fingerprint density at radius 3 is 2.74 bits per heavy atom. The molecule has 0 saturated heterocycles. The lowest BCUT2D eigenvalue weighted by molar-refractivity contribution is 0.0957. The molecule has 1 aromatic heterocycles. The molecule has 0 saturated carbocycles. The van der Waals surface area contributed by atoms with Gasteiger partial charge in [-0.3, -0.25) is 9.79 Å². The number of thiophene rings is 1. The number of nitrogens with zero attached hydrogens (tertiary/aromatic N) is 1. The number of rotatable bonds is 11. The van der Waals surface area contributed by atoms with Gasteiger partial charge in [0.05, 0.1) is 4.88 Å². The molecule has 130 valence electrons. The number of carbonyl (C=O) groups is 1. The number of guanidine groups is 1. The van der Waals surface area contributed by atoms with Gasteiger partial charge in [0, 0.05) is 26.2 Å². The maximum atomic E-state index is 11.8. The first-order valence-corrected chi connectivity index (χ1v) is 10.4. The van der Waals surface area contributed by atoms with Crippen LogP contribution in [0.3, 0.4) is 0 Å². The number of unbranched alkanes of at least 4 members (excludes halogenated alkanes) is 1. The van der Waals surface area contributed by atoms with Crippen LogP contribution in [0, 0.1) is 0 Å². The van der Waals surface area contributed by atoms with Gasteiger partial charge in [0.1, 0.15) is 0 Å². The maximum Gasteiger partial charge on any atom is 0.261 e. The summed E-state index contributed by atoms with van der Waals surface area (Å²) in [6.07, 6.45) is 5.35. The number of hydrogen-bond donors (Lipinski definition) is 3. The highest BCUT2D eigenvalue weighted by atomic mass is 32.2. The van der Waals surface area contributed by atoms with Crippen molar-refractivity contribution in [1.29, 1.82) is 0 Å². The minimum atomic E-state index is 0.00260. The van der Waals surface area contributed by atoms with E-state index in [1.54, 1.807) is 0 Å². The lowest BCUT2D eigenvalue weighted by Gasteiger charge is -2.11. The van der Waals surface area contributed by atoms with Gasteiger partial charge in [0.2, 0.25) is 0 Å². The fourth-order valence-corrected chi connectivity index (χ4v) is 3.02. The summed E-state index contributed by atoms with van der Waals surface area (Å²) in [6, 6.07) is 3.72. The fraction of sp³-hybridized carbons (Fsp3) is 0.625. The molecular weight excluding hydrogens is 328 g/mol. The van der Waals surface area contributed by atoms with Gasteiger partial charge in [-0.2, -0.15) is 11.8 Å². The van der Waals surface area contributed by atoms with Gasteiger partial charge < -0.3 is 16.0 Å². The Balaban J connectivity index is 2.16. The predicted molar refractivity (Wildman–Crippen MR) is 103 cm³/mol. The summed E-state index contributed by atoms with van der Waals surface area (Å²) in [7, 11) is 0. The Bertz CT molecular complexity index is 449. The molecule has 7 heteroatoms. The molecule has 1 aromatic rings. The van der Waals surface area contributed by atoms with Crippen LogP contribution in [0.2, 0.25) is 0 Å². The average molecular weight is 357 g/mol. The zero-order valence-electron chi connectivity index (χ0n) is 14.1. The van der Waals surface area contributed by atoms with Crippen molar-refractivity contribution in [2.24, 2.45) is 4.99 Å². The largest absolute Gasteiger partial charge is 0.357 e. The molecule has 0 aliphatic carbocycles. The summed E-state index contributed by atoms with van der Waals surface area (Å²) in [5.74, 6) is 2.07. The van der Waals surface area contributed by atoms with E-state index >= 15 is 0 Å². The van der Waals surface area contributed by atoms with Gasteiger partial charge in [0.15, 0.2) is 5.96 Å². The Labute approximate surface area is 147 Å². The van der Waals surface area contributed by atoms with Crippen LogP contribution in [-0.2, 0) is 0 Å². The molecule has 0 radical (unpaired) electrons. The molecular formula is C16H28N4OS2. The SMILES string of the molecule is CCNC(=NCCCNC(=O)c1cccs1)NCCCCSC. The second kappa shape index (κ2) is 13.2. The second-order valence-corrected chi connectivity index (χ2v) is 6.91. The van der Waals surface area contributed by atoms with E-state index in [2.05, 4.69) is 34.1 Å². The quantitative estimate of drug-likeness (QED) is 0.324. The van der Waals surface area contributed by atoms with Crippen LogP contribution in [0.25, 0.3) is 0 Å². The predicted octanol–water partition coefficient (Wildman–Crippen LogP) is 2.57. The first-order chi connectivity index (χ1) is 11.3. The lowest BCUT2D eigenvalue weighted by Crippen LogP contribution is -2.38. The highest BCUT2D eigenvalue weighted by Gasteiger charge is 2.04. The standard InChI is InChI=1S/C16H28N4OS2/c1-3-17-16(19-9-4-5-12-22-2)20-11-7-10-18-15(21)14-8-6-13-23-14/h6,8,13H,3-5,7,9-12H2,1-2H3,(H,18,21)(H2,17,19,20). The number of thioether (sulfide) groups is 1. The van der Waals surface area contributed by atoms with Crippen molar-refractivity contribution in [1.82, 2.24) is 16.0 Å². The molecule has 0 aliphatic heterocycles.